The molecule has 0 saturated heterocycles. The Labute approximate surface area is 176 Å². The summed E-state index contributed by atoms with van der Waals surface area (Å²) in [6.07, 6.45) is 0. The molecule has 0 saturated carbocycles. The van der Waals surface area contributed by atoms with Gasteiger partial charge in [0.15, 0.2) is 0 Å². The fourth-order valence-electron chi connectivity index (χ4n) is 4.05. The Hall–Kier alpha value is -2.20. The predicted octanol–water partition coefficient (Wildman–Crippen LogP) is 6.74. The molecule has 0 radical (unpaired) electrons. The monoisotopic (exact) mass is 444 g/mol. The van der Waals surface area contributed by atoms with E-state index >= 15 is 0 Å². The van der Waals surface area contributed by atoms with Gasteiger partial charge >= 0.3 is 163 Å². The molecule has 0 spiro atoms. The first-order valence-electron chi connectivity index (χ1n) is 10.5. The van der Waals surface area contributed by atoms with Crippen LogP contribution in [0, 0.1) is 13.8 Å². The van der Waals surface area contributed by atoms with Gasteiger partial charge in [-0.15, -0.1) is 0 Å². The number of hydrogen-bond donors (Lipinski definition) is 0. The van der Waals surface area contributed by atoms with Gasteiger partial charge in [0, 0.05) is 0 Å². The number of hydrogen-bond acceptors (Lipinski definition) is 2. The zero-order valence-electron chi connectivity index (χ0n) is 18.6. The van der Waals surface area contributed by atoms with E-state index < -0.39 is 13.3 Å². The molecule has 0 aliphatic heterocycles. The van der Waals surface area contributed by atoms with E-state index in [0.29, 0.717) is 5.92 Å². The van der Waals surface area contributed by atoms with Gasteiger partial charge in [0.25, 0.3) is 0 Å². The SMILES string of the molecule is Cc1nc(-c2ccc(C(C)C)cc2)c2ccc3c[c]([Ge]([CH3])([CH3])[CH3])cc(C)c3c2n1. The third kappa shape index (κ3) is 3.71. The molecule has 0 amide bonds. The molecule has 1 heterocycles. The minimum atomic E-state index is -1.89. The van der Waals surface area contributed by atoms with E-state index in [1.807, 2.05) is 6.92 Å². The van der Waals surface area contributed by atoms with Crippen LogP contribution in [0.15, 0.2) is 48.5 Å². The summed E-state index contributed by atoms with van der Waals surface area (Å²) >= 11 is -1.89. The second-order valence-electron chi connectivity index (χ2n) is 9.50. The van der Waals surface area contributed by atoms with Crippen molar-refractivity contribution in [2.24, 2.45) is 0 Å². The molecule has 2 nitrogen and oxygen atoms in total. The number of aryl methyl sites for hydroxylation is 2. The molecule has 0 fully saturated rings. The molecule has 0 N–H and O–H groups in total. The molecule has 3 aromatic carbocycles. The van der Waals surface area contributed by atoms with Crippen LogP contribution in [0.4, 0.5) is 0 Å². The zero-order valence-corrected chi connectivity index (χ0v) is 20.7. The van der Waals surface area contributed by atoms with Gasteiger partial charge in [-0.3, -0.25) is 0 Å². The Morgan fingerprint density at radius 3 is 2.14 bits per heavy atom. The third-order valence-corrected chi connectivity index (χ3v) is 10.0. The first-order valence-corrected chi connectivity index (χ1v) is 17.8. The van der Waals surface area contributed by atoms with Crippen LogP contribution in [0.25, 0.3) is 32.9 Å². The van der Waals surface area contributed by atoms with E-state index in [-0.39, 0.29) is 0 Å². The number of nitrogens with zero attached hydrogens (tertiary/aromatic N) is 2. The van der Waals surface area contributed by atoms with Crippen LogP contribution in [-0.4, -0.2) is 23.2 Å². The molecule has 1 aromatic heterocycles. The fraction of sp³-hybridized carbons (Fsp3) is 0.308. The summed E-state index contributed by atoms with van der Waals surface area (Å²) in [5.74, 6) is 8.71. The van der Waals surface area contributed by atoms with Crippen molar-refractivity contribution in [2.75, 3.05) is 0 Å². The maximum absolute atomic E-state index is 4.89. The summed E-state index contributed by atoms with van der Waals surface area (Å²) in [7, 11) is 0. The summed E-state index contributed by atoms with van der Waals surface area (Å²) in [4.78, 5) is 9.73. The van der Waals surface area contributed by atoms with E-state index in [0.717, 1.165) is 28.0 Å². The van der Waals surface area contributed by atoms with E-state index in [4.69, 9.17) is 9.97 Å². The van der Waals surface area contributed by atoms with Gasteiger partial charge < -0.3 is 0 Å². The van der Waals surface area contributed by atoms with Crippen LogP contribution in [0.1, 0.15) is 36.7 Å². The molecule has 4 aromatic rings. The van der Waals surface area contributed by atoms with Crippen LogP contribution in [0.3, 0.4) is 0 Å². The Bertz CT molecular complexity index is 1220. The summed E-state index contributed by atoms with van der Waals surface area (Å²) in [6.45, 7) is 8.68. The summed E-state index contributed by atoms with van der Waals surface area (Å²) in [5, 5.41) is 3.70. The molecule has 0 bridgehead atoms. The van der Waals surface area contributed by atoms with Crippen LogP contribution in [0.5, 0.6) is 0 Å². The second-order valence-corrected chi connectivity index (χ2v) is 20.2. The van der Waals surface area contributed by atoms with Crippen molar-refractivity contribution in [1.82, 2.24) is 9.97 Å². The van der Waals surface area contributed by atoms with Gasteiger partial charge in [0.05, 0.1) is 0 Å². The van der Waals surface area contributed by atoms with Crippen LogP contribution in [0.2, 0.25) is 17.3 Å². The predicted molar refractivity (Wildman–Crippen MR) is 129 cm³/mol. The van der Waals surface area contributed by atoms with Gasteiger partial charge in [-0.25, -0.2) is 0 Å². The standard InChI is InChI=1S/C26H30GeN2/c1-16(2)19-8-10-20(11-9-19)25-23-13-12-21-15-22(27(5,6)7)14-17(3)24(21)26(23)29-18(4)28-25/h8-16H,1-7H3. The van der Waals surface area contributed by atoms with Gasteiger partial charge in [0.1, 0.15) is 0 Å². The van der Waals surface area contributed by atoms with Crippen LogP contribution in [-0.2, 0) is 0 Å². The number of benzene rings is 3. The van der Waals surface area contributed by atoms with Crippen molar-refractivity contribution < 1.29 is 0 Å². The molecule has 0 unspecified atom stereocenters. The van der Waals surface area contributed by atoms with Crippen molar-refractivity contribution in [1.29, 1.82) is 0 Å². The summed E-state index contributed by atoms with van der Waals surface area (Å²) in [6, 6.07) is 18.1. The molecule has 0 aliphatic rings. The summed E-state index contributed by atoms with van der Waals surface area (Å²) < 4.78 is 1.55. The minimum absolute atomic E-state index is 0.529. The average Bonchev–Trinajstić information content (AvgIpc) is 2.66. The number of rotatable bonds is 3. The maximum atomic E-state index is 4.89. The molecule has 3 heteroatoms. The van der Waals surface area contributed by atoms with Gasteiger partial charge in [-0.1, -0.05) is 13.8 Å². The zero-order chi connectivity index (χ0) is 20.9. The fourth-order valence-corrected chi connectivity index (χ4v) is 6.65. The Balaban J connectivity index is 2.00. The van der Waals surface area contributed by atoms with Crippen LogP contribution >= 0.6 is 0 Å². The van der Waals surface area contributed by atoms with E-state index in [9.17, 15) is 0 Å². The number of fused-ring (bicyclic) bond motifs is 3. The van der Waals surface area contributed by atoms with Crippen molar-refractivity contribution in [3.05, 3.63) is 65.5 Å². The average molecular weight is 443 g/mol. The van der Waals surface area contributed by atoms with Gasteiger partial charge in [0.2, 0.25) is 0 Å². The Morgan fingerprint density at radius 1 is 0.828 bits per heavy atom. The first kappa shape index (κ1) is 20.1. The van der Waals surface area contributed by atoms with E-state index in [2.05, 4.69) is 86.6 Å². The molecule has 4 rings (SSSR count). The van der Waals surface area contributed by atoms with Crippen LogP contribution < -0.4 is 4.40 Å². The molecular weight excluding hydrogens is 413 g/mol. The molecule has 0 atom stereocenters. The van der Waals surface area contributed by atoms with Gasteiger partial charge in [-0.05, 0) is 0 Å². The Morgan fingerprint density at radius 2 is 1.52 bits per heavy atom. The Kier molecular flexibility index (Phi) is 5.02. The molecule has 0 aliphatic carbocycles. The molecule has 29 heavy (non-hydrogen) atoms. The normalized spacial score (nSPS) is 12.3. The number of aromatic nitrogens is 2. The summed E-state index contributed by atoms with van der Waals surface area (Å²) in [5.41, 5.74) is 5.93. The topological polar surface area (TPSA) is 25.8 Å². The first-order chi connectivity index (χ1) is 13.6. The van der Waals surface area contributed by atoms with Crippen molar-refractivity contribution in [3.63, 3.8) is 0 Å². The van der Waals surface area contributed by atoms with E-state index in [1.165, 1.54) is 21.9 Å². The second kappa shape index (κ2) is 7.25. The van der Waals surface area contributed by atoms with E-state index in [1.54, 1.807) is 4.40 Å². The van der Waals surface area contributed by atoms with Crippen molar-refractivity contribution in [3.8, 4) is 11.3 Å². The third-order valence-electron chi connectivity index (χ3n) is 5.81. The molecule has 148 valence electrons. The van der Waals surface area contributed by atoms with Gasteiger partial charge in [-0.2, -0.15) is 0 Å². The van der Waals surface area contributed by atoms with Crippen molar-refractivity contribution >= 4 is 39.3 Å². The van der Waals surface area contributed by atoms with Crippen molar-refractivity contribution in [2.45, 2.75) is 50.9 Å². The quantitative estimate of drug-likeness (QED) is 0.259. The molecular formula is C26H30GeN2.